The average Bonchev–Trinajstić information content (AvgIpc) is 3.16. The van der Waals surface area contributed by atoms with E-state index >= 15 is 0 Å². The molecule has 1 aliphatic heterocycles. The van der Waals surface area contributed by atoms with Crippen LogP contribution < -0.4 is 16.2 Å². The van der Waals surface area contributed by atoms with Crippen molar-refractivity contribution in [1.82, 2.24) is 24.2 Å². The molecular formula is C13H21N7O5S2. The summed E-state index contributed by atoms with van der Waals surface area (Å²) in [6, 6.07) is 0. The lowest BCUT2D eigenvalue weighted by Gasteiger charge is -2.17. The summed E-state index contributed by atoms with van der Waals surface area (Å²) in [5.41, 5.74) is 11.8. The molecule has 12 nitrogen and oxygen atoms in total. The first-order valence-electron chi connectivity index (χ1n) is 8.03. The van der Waals surface area contributed by atoms with Crippen molar-refractivity contribution in [3.63, 3.8) is 0 Å². The molecular weight excluding hydrogens is 398 g/mol. The van der Waals surface area contributed by atoms with Gasteiger partial charge in [0.1, 0.15) is 30.2 Å². The number of nitrogens with zero attached hydrogens (tertiary/aromatic N) is 4. The van der Waals surface area contributed by atoms with Gasteiger partial charge in [-0.2, -0.15) is 12.6 Å². The fraction of sp³-hybridized carbons (Fsp3) is 0.615. The first kappa shape index (κ1) is 20.2. The molecule has 7 N–H and O–H groups in total. The normalized spacial score (nSPS) is 27.3. The van der Waals surface area contributed by atoms with Crippen molar-refractivity contribution >= 4 is 39.6 Å². The van der Waals surface area contributed by atoms with Crippen LogP contribution in [0.25, 0.3) is 11.2 Å². The summed E-state index contributed by atoms with van der Waals surface area (Å²) in [7, 11) is -3.67. The van der Waals surface area contributed by atoms with Crippen LogP contribution in [0.5, 0.6) is 0 Å². The van der Waals surface area contributed by atoms with E-state index in [0.29, 0.717) is 11.2 Å². The highest BCUT2D eigenvalue weighted by molar-refractivity contribution is 7.91. The van der Waals surface area contributed by atoms with Crippen molar-refractivity contribution in [2.45, 2.75) is 29.8 Å². The summed E-state index contributed by atoms with van der Waals surface area (Å²) >= 11 is 4.06. The molecule has 0 spiro atoms. The maximum Gasteiger partial charge on any atom is 0.212 e. The van der Waals surface area contributed by atoms with Crippen LogP contribution in [0.4, 0.5) is 5.82 Å². The number of rotatable bonds is 7. The van der Waals surface area contributed by atoms with E-state index < -0.39 is 39.8 Å². The lowest BCUT2D eigenvalue weighted by molar-refractivity contribution is -0.0330. The third-order valence-electron chi connectivity index (χ3n) is 4.19. The minimum atomic E-state index is -3.67. The molecule has 0 amide bonds. The van der Waals surface area contributed by atoms with Crippen LogP contribution in [-0.4, -0.2) is 80.6 Å². The summed E-state index contributed by atoms with van der Waals surface area (Å²) in [5.74, 6) is -0.110. The Morgan fingerprint density at radius 2 is 2.07 bits per heavy atom. The number of anilines is 1. The van der Waals surface area contributed by atoms with Crippen molar-refractivity contribution in [2.24, 2.45) is 5.73 Å². The van der Waals surface area contributed by atoms with Crippen molar-refractivity contribution < 1.29 is 23.4 Å². The number of aliphatic hydroxyl groups excluding tert-OH is 2. The predicted octanol–water partition coefficient (Wildman–Crippen LogP) is -2.80. The van der Waals surface area contributed by atoms with Crippen LogP contribution in [0.2, 0.25) is 0 Å². The lowest BCUT2D eigenvalue weighted by atomic mass is 10.1. The van der Waals surface area contributed by atoms with Crippen LogP contribution in [0.3, 0.4) is 0 Å². The molecule has 0 saturated carbocycles. The Kier molecular flexibility index (Phi) is 5.85. The van der Waals surface area contributed by atoms with Crippen molar-refractivity contribution in [3.8, 4) is 0 Å². The second kappa shape index (κ2) is 7.83. The highest BCUT2D eigenvalue weighted by Crippen LogP contribution is 2.31. The number of imidazole rings is 1. The van der Waals surface area contributed by atoms with Crippen LogP contribution >= 0.6 is 12.6 Å². The topological polar surface area (TPSA) is 191 Å². The third-order valence-corrected chi connectivity index (χ3v) is 6.27. The predicted molar refractivity (Wildman–Crippen MR) is 99.3 cm³/mol. The Hall–Kier alpha value is -1.55. The van der Waals surface area contributed by atoms with Crippen molar-refractivity contribution in [2.75, 3.05) is 24.6 Å². The Morgan fingerprint density at radius 3 is 2.78 bits per heavy atom. The maximum absolute atomic E-state index is 12.0. The van der Waals surface area contributed by atoms with E-state index in [2.05, 4.69) is 32.3 Å². The number of hydrogen-bond acceptors (Lipinski definition) is 11. The number of thiol groups is 1. The number of aliphatic hydroxyl groups is 2. The number of nitrogens with two attached hydrogens (primary N) is 2. The monoisotopic (exact) mass is 419 g/mol. The summed E-state index contributed by atoms with van der Waals surface area (Å²) in [5, 5.41) is 20.1. The van der Waals surface area contributed by atoms with Gasteiger partial charge in [-0.25, -0.2) is 28.1 Å². The molecule has 3 rings (SSSR count). The van der Waals surface area contributed by atoms with E-state index in [-0.39, 0.29) is 24.7 Å². The fourth-order valence-electron chi connectivity index (χ4n) is 2.77. The molecule has 1 aliphatic rings. The van der Waals surface area contributed by atoms with Gasteiger partial charge in [0.05, 0.1) is 12.1 Å². The van der Waals surface area contributed by atoms with Gasteiger partial charge in [-0.15, -0.1) is 0 Å². The zero-order chi connectivity index (χ0) is 19.8. The smallest absolute Gasteiger partial charge is 0.212 e. The fourth-order valence-corrected chi connectivity index (χ4v) is 4.54. The summed E-state index contributed by atoms with van der Waals surface area (Å²) in [6.45, 7) is -0.127. The highest BCUT2D eigenvalue weighted by atomic mass is 32.2. The lowest BCUT2D eigenvalue weighted by Crippen LogP contribution is -2.42. The van der Waals surface area contributed by atoms with Gasteiger partial charge in [-0.3, -0.25) is 4.57 Å². The minimum Gasteiger partial charge on any atom is -0.387 e. The second-order valence-corrected chi connectivity index (χ2v) is 8.73. The standard InChI is InChI=1S/C13H21N7O5S2/c14-1-6(26)3-27(23,24)19-2-7-9(21)10(22)13(25-7)20-5-18-8-11(15)16-4-17-12(8)20/h4-7,9-10,13,19,21-22,26H,1-3,14H2,(H2,15,16,17)/t6-,7+,9+,10+,13+/m0/s1. The number of nitrogen functional groups attached to an aromatic ring is 1. The molecule has 1 fully saturated rings. The number of sulfonamides is 1. The van der Waals surface area contributed by atoms with Gasteiger partial charge < -0.3 is 26.4 Å². The maximum atomic E-state index is 12.0. The zero-order valence-corrected chi connectivity index (χ0v) is 15.8. The Bertz CT molecular complexity index is 908. The van der Waals surface area contributed by atoms with E-state index in [1.54, 1.807) is 0 Å². The SMILES string of the molecule is NC[C@H](S)CS(=O)(=O)NC[C@H]1O[C@@H](n2cnc3c(N)ncnc32)[C@H](O)[C@@H]1O. The molecule has 150 valence electrons. The van der Waals surface area contributed by atoms with E-state index in [1.165, 1.54) is 17.2 Å². The molecule has 0 bridgehead atoms. The van der Waals surface area contributed by atoms with Crippen molar-refractivity contribution in [1.29, 1.82) is 0 Å². The van der Waals surface area contributed by atoms with Gasteiger partial charge >= 0.3 is 0 Å². The van der Waals surface area contributed by atoms with Gasteiger partial charge in [0.15, 0.2) is 17.7 Å². The summed E-state index contributed by atoms with van der Waals surface area (Å²) in [4.78, 5) is 12.0. The molecule has 27 heavy (non-hydrogen) atoms. The molecule has 1 saturated heterocycles. The van der Waals surface area contributed by atoms with Crippen LogP contribution in [-0.2, 0) is 14.8 Å². The van der Waals surface area contributed by atoms with Crippen LogP contribution in [0.1, 0.15) is 6.23 Å². The summed E-state index contributed by atoms with van der Waals surface area (Å²) < 4.78 is 33.4. The Balaban J connectivity index is 1.73. The van der Waals surface area contributed by atoms with E-state index in [1.807, 2.05) is 0 Å². The number of nitrogens with one attached hydrogen (secondary N) is 1. The van der Waals surface area contributed by atoms with Crippen molar-refractivity contribution in [3.05, 3.63) is 12.7 Å². The highest BCUT2D eigenvalue weighted by Gasteiger charge is 2.44. The van der Waals surface area contributed by atoms with E-state index in [0.717, 1.165) is 0 Å². The Labute approximate surface area is 160 Å². The average molecular weight is 419 g/mol. The quantitative estimate of drug-likeness (QED) is 0.255. The molecule has 0 unspecified atom stereocenters. The van der Waals surface area contributed by atoms with Gasteiger partial charge in [0, 0.05) is 18.3 Å². The third kappa shape index (κ3) is 4.16. The number of ether oxygens (including phenoxy) is 1. The first-order chi connectivity index (χ1) is 12.7. The molecule has 14 heteroatoms. The molecule has 0 aromatic carbocycles. The molecule has 0 aliphatic carbocycles. The molecule has 3 heterocycles. The van der Waals surface area contributed by atoms with Crippen LogP contribution in [0.15, 0.2) is 12.7 Å². The Morgan fingerprint density at radius 1 is 1.33 bits per heavy atom. The molecule has 2 aromatic rings. The van der Waals surface area contributed by atoms with E-state index in [4.69, 9.17) is 16.2 Å². The molecule has 0 radical (unpaired) electrons. The number of aromatic nitrogens is 4. The van der Waals surface area contributed by atoms with Crippen LogP contribution in [0, 0.1) is 0 Å². The zero-order valence-electron chi connectivity index (χ0n) is 14.1. The second-order valence-electron chi connectivity index (χ2n) is 6.15. The minimum absolute atomic E-state index is 0.103. The number of hydrogen-bond donors (Lipinski definition) is 6. The van der Waals surface area contributed by atoms with Gasteiger partial charge in [0.25, 0.3) is 0 Å². The largest absolute Gasteiger partial charge is 0.387 e. The summed E-state index contributed by atoms with van der Waals surface area (Å²) in [6.07, 6.45) is -2.05. The first-order valence-corrected chi connectivity index (χ1v) is 10.2. The molecule has 5 atom stereocenters. The number of fused-ring (bicyclic) bond motifs is 1. The molecule has 2 aromatic heterocycles. The van der Waals surface area contributed by atoms with Gasteiger partial charge in [-0.05, 0) is 0 Å². The van der Waals surface area contributed by atoms with Gasteiger partial charge in [-0.1, -0.05) is 0 Å². The van der Waals surface area contributed by atoms with E-state index in [9.17, 15) is 18.6 Å². The van der Waals surface area contributed by atoms with Gasteiger partial charge in [0.2, 0.25) is 10.0 Å².